The highest BCUT2D eigenvalue weighted by Gasteiger charge is 2.06. The lowest BCUT2D eigenvalue weighted by Crippen LogP contribution is -2.31. The second kappa shape index (κ2) is 12.4. The van der Waals surface area contributed by atoms with Gasteiger partial charge in [-0.1, -0.05) is 12.1 Å². The summed E-state index contributed by atoms with van der Waals surface area (Å²) in [5, 5.41) is 59.2. The molecule has 1 aromatic rings. The van der Waals surface area contributed by atoms with Gasteiger partial charge in [0.1, 0.15) is 0 Å². The van der Waals surface area contributed by atoms with Crippen molar-refractivity contribution in [1.29, 1.82) is 0 Å². The standard InChI is InChI=1S/C9H6O6.C4H6O4.C2H4O2/c10-7(11)4-1-2-5(8(12)13)6(3-4)9(14)15;5-3(6)1-2-4(7)8;1-2(3)4/h1-3H,(H,10,11)(H,12,13)(H,14,15);1-2H2,(H,5,6)(H,7,8);1H3,(H,3,4)/p-6. The summed E-state index contributed by atoms with van der Waals surface area (Å²) in [5.74, 6) is -8.94. The molecule has 12 nitrogen and oxygen atoms in total. The third-order valence-corrected chi connectivity index (χ3v) is 2.23. The van der Waals surface area contributed by atoms with Crippen molar-refractivity contribution < 1.29 is 59.4 Å². The molecule has 0 aliphatic heterocycles. The van der Waals surface area contributed by atoms with Gasteiger partial charge in [0.15, 0.2) is 0 Å². The molecule has 0 spiro atoms. The number of benzene rings is 1. The van der Waals surface area contributed by atoms with Crippen molar-refractivity contribution in [2.75, 3.05) is 0 Å². The highest BCUT2D eigenvalue weighted by Crippen LogP contribution is 2.10. The molecule has 0 N–H and O–H groups in total. The van der Waals surface area contributed by atoms with Crippen molar-refractivity contribution in [1.82, 2.24) is 0 Å². The van der Waals surface area contributed by atoms with E-state index in [0.717, 1.165) is 19.1 Å². The Bertz CT molecular complexity index is 716. The van der Waals surface area contributed by atoms with Crippen LogP contribution in [0.25, 0.3) is 0 Å². The van der Waals surface area contributed by atoms with Crippen LogP contribution in [-0.4, -0.2) is 35.8 Å². The first-order valence-corrected chi connectivity index (χ1v) is 6.64. The van der Waals surface area contributed by atoms with Crippen LogP contribution >= 0.6 is 0 Å². The highest BCUT2D eigenvalue weighted by molar-refractivity contribution is 6.02. The number of aliphatic carboxylic acids is 3. The van der Waals surface area contributed by atoms with Crippen LogP contribution in [0.1, 0.15) is 50.8 Å². The number of aromatic carboxylic acids is 3. The van der Waals surface area contributed by atoms with Crippen molar-refractivity contribution in [3.63, 3.8) is 0 Å². The fourth-order valence-electron chi connectivity index (χ4n) is 1.22. The fourth-order valence-corrected chi connectivity index (χ4v) is 1.22. The van der Waals surface area contributed by atoms with Gasteiger partial charge in [-0.15, -0.1) is 0 Å². The van der Waals surface area contributed by atoms with E-state index >= 15 is 0 Å². The lowest BCUT2D eigenvalue weighted by Gasteiger charge is -2.13. The van der Waals surface area contributed by atoms with Gasteiger partial charge in [-0.05, 0) is 31.4 Å². The van der Waals surface area contributed by atoms with Gasteiger partial charge >= 0.3 is 0 Å². The van der Waals surface area contributed by atoms with Crippen LogP contribution < -0.4 is 30.6 Å². The maximum absolute atomic E-state index is 10.5. The monoisotopic (exact) mass is 382 g/mol. The van der Waals surface area contributed by atoms with Crippen molar-refractivity contribution >= 4 is 35.8 Å². The van der Waals surface area contributed by atoms with Gasteiger partial charge in [0, 0.05) is 29.0 Å². The van der Waals surface area contributed by atoms with Gasteiger partial charge in [-0.25, -0.2) is 0 Å². The minimum atomic E-state index is -1.79. The van der Waals surface area contributed by atoms with Crippen LogP contribution in [0.15, 0.2) is 18.2 Å². The highest BCUT2D eigenvalue weighted by atomic mass is 16.4. The zero-order valence-corrected chi connectivity index (χ0v) is 13.5. The number of carbonyl (C=O) groups excluding carboxylic acids is 6. The van der Waals surface area contributed by atoms with Gasteiger partial charge in [0.2, 0.25) is 0 Å². The molecule has 12 heteroatoms. The number of carbonyl (C=O) groups is 6. The topological polar surface area (TPSA) is 241 Å². The minimum Gasteiger partial charge on any atom is -0.550 e. The van der Waals surface area contributed by atoms with Crippen molar-refractivity contribution in [3.8, 4) is 0 Å². The molecule has 0 aliphatic rings. The quantitative estimate of drug-likeness (QED) is 0.445. The molecule has 0 heterocycles. The van der Waals surface area contributed by atoms with Gasteiger partial charge in [-0.2, -0.15) is 0 Å². The third kappa shape index (κ3) is 13.1. The summed E-state index contributed by atoms with van der Waals surface area (Å²) in [7, 11) is 0. The van der Waals surface area contributed by atoms with Gasteiger partial charge in [0.25, 0.3) is 0 Å². The SMILES string of the molecule is CC(=O)[O-].O=C([O-])CCC(=O)[O-].O=C([O-])c1ccc(C(=O)[O-])c(C(=O)[O-])c1. The van der Waals surface area contributed by atoms with Gasteiger partial charge in [0.05, 0.1) is 17.9 Å². The molecule has 0 bridgehead atoms. The number of rotatable bonds is 6. The Morgan fingerprint density at radius 2 is 1.04 bits per heavy atom. The predicted molar refractivity (Wildman–Crippen MR) is 69.4 cm³/mol. The van der Waals surface area contributed by atoms with E-state index in [4.69, 9.17) is 9.90 Å². The Morgan fingerprint density at radius 1 is 0.667 bits per heavy atom. The largest absolute Gasteiger partial charge is 0.550 e. The Labute approximate surface area is 150 Å². The summed E-state index contributed by atoms with van der Waals surface area (Å²) in [6.07, 6.45) is -0.940. The summed E-state index contributed by atoms with van der Waals surface area (Å²) in [6.45, 7) is 0.972. The molecule has 0 radical (unpaired) electrons. The summed E-state index contributed by atoms with van der Waals surface area (Å²) < 4.78 is 0. The van der Waals surface area contributed by atoms with Gasteiger partial charge in [-0.3, -0.25) is 0 Å². The van der Waals surface area contributed by atoms with Crippen LogP contribution in [0.2, 0.25) is 0 Å². The molecule has 1 aromatic carbocycles. The zero-order valence-electron chi connectivity index (χ0n) is 13.5. The first-order valence-electron chi connectivity index (χ1n) is 6.64. The summed E-state index contributed by atoms with van der Waals surface area (Å²) >= 11 is 0. The Hall–Kier alpha value is -3.96. The number of hydrogen-bond acceptors (Lipinski definition) is 12. The molecule has 0 aliphatic carbocycles. The van der Waals surface area contributed by atoms with Crippen LogP contribution in [0.4, 0.5) is 0 Å². The molecule has 0 atom stereocenters. The second-order valence-corrected chi connectivity index (χ2v) is 4.36. The van der Waals surface area contributed by atoms with E-state index in [-0.39, 0.29) is 0 Å². The Morgan fingerprint density at radius 3 is 1.30 bits per heavy atom. The minimum absolute atomic E-state index is 0.445. The van der Waals surface area contributed by atoms with E-state index in [1.807, 2.05) is 0 Å². The molecule has 0 amide bonds. The molecular weight excluding hydrogens is 372 g/mol. The predicted octanol–water partition coefficient (Wildman–Crippen LogP) is -7.20. The van der Waals surface area contributed by atoms with E-state index in [9.17, 15) is 49.5 Å². The fraction of sp³-hybridized carbons (Fsp3) is 0.200. The third-order valence-electron chi connectivity index (χ3n) is 2.23. The van der Waals surface area contributed by atoms with E-state index in [0.29, 0.717) is 6.07 Å². The second-order valence-electron chi connectivity index (χ2n) is 4.36. The molecule has 0 saturated heterocycles. The first kappa shape index (κ1) is 25.3. The maximum atomic E-state index is 10.5. The first-order chi connectivity index (χ1) is 12.3. The molecule has 0 aromatic heterocycles. The number of hydrogen-bond donors (Lipinski definition) is 0. The van der Waals surface area contributed by atoms with E-state index in [1.54, 1.807) is 0 Å². The normalized spacial score (nSPS) is 8.78. The van der Waals surface area contributed by atoms with E-state index in [1.165, 1.54) is 0 Å². The number of carboxylic acids is 6. The lowest BCUT2D eigenvalue weighted by atomic mass is 10.0. The average molecular weight is 382 g/mol. The molecule has 148 valence electrons. The van der Waals surface area contributed by atoms with Crippen LogP contribution in [0.5, 0.6) is 0 Å². The zero-order chi connectivity index (χ0) is 21.7. The van der Waals surface area contributed by atoms with E-state index in [2.05, 4.69) is 0 Å². The molecule has 0 saturated carbocycles. The van der Waals surface area contributed by atoms with Crippen LogP contribution in [0.3, 0.4) is 0 Å². The van der Waals surface area contributed by atoms with Crippen molar-refractivity contribution in [2.24, 2.45) is 0 Å². The lowest BCUT2D eigenvalue weighted by molar-refractivity contribution is -0.315. The van der Waals surface area contributed by atoms with Gasteiger partial charge < -0.3 is 59.4 Å². The molecule has 0 unspecified atom stereocenters. The molecule has 27 heavy (non-hydrogen) atoms. The van der Waals surface area contributed by atoms with Crippen LogP contribution in [-0.2, 0) is 14.4 Å². The molecular formula is C15H10O12-6. The number of carboxylic acid groups (broad SMARTS) is 6. The smallest absolute Gasteiger partial charge is 0.0722 e. The summed E-state index contributed by atoms with van der Waals surface area (Å²) in [5.41, 5.74) is -1.84. The maximum Gasteiger partial charge on any atom is 0.0722 e. The Kier molecular flexibility index (Phi) is 11.6. The van der Waals surface area contributed by atoms with E-state index < -0.39 is 65.3 Å². The Balaban J connectivity index is 0. The van der Waals surface area contributed by atoms with Crippen molar-refractivity contribution in [2.45, 2.75) is 19.8 Å². The molecule has 0 fully saturated rings. The molecule has 1 rings (SSSR count). The van der Waals surface area contributed by atoms with Crippen molar-refractivity contribution in [3.05, 3.63) is 34.9 Å². The average Bonchev–Trinajstić information content (AvgIpc) is 2.52. The summed E-state index contributed by atoms with van der Waals surface area (Å²) in [6, 6.07) is 2.37. The van der Waals surface area contributed by atoms with Crippen LogP contribution in [0, 0.1) is 0 Å². The summed E-state index contributed by atoms with van der Waals surface area (Å²) in [4.78, 5) is 59.2.